The first kappa shape index (κ1) is 24.8. The Morgan fingerprint density at radius 2 is 1.59 bits per heavy atom. The van der Waals surface area contributed by atoms with E-state index in [1.807, 2.05) is 0 Å². The minimum absolute atomic E-state index is 0.0133. The molecule has 0 saturated heterocycles. The molecule has 4 saturated carbocycles. The third-order valence-corrected chi connectivity index (χ3v) is 13.4. The summed E-state index contributed by atoms with van der Waals surface area (Å²) in [6.07, 6.45) is 8.88. The van der Waals surface area contributed by atoms with Crippen LogP contribution in [0.2, 0.25) is 0 Å². The topological polar surface area (TPSA) is 77.8 Å². The van der Waals surface area contributed by atoms with Crippen molar-refractivity contribution in [1.82, 2.24) is 0 Å². The fourth-order valence-corrected chi connectivity index (χ4v) is 10.9. The maximum absolute atomic E-state index is 12.5. The van der Waals surface area contributed by atoms with Crippen molar-refractivity contribution < 1.29 is 20.1 Å². The van der Waals surface area contributed by atoms with Crippen molar-refractivity contribution in [1.29, 1.82) is 0 Å². The van der Waals surface area contributed by atoms with Crippen LogP contribution in [0.5, 0.6) is 0 Å². The van der Waals surface area contributed by atoms with Crippen molar-refractivity contribution in [3.05, 3.63) is 11.6 Å². The second kappa shape index (κ2) is 7.34. The fourth-order valence-electron chi connectivity index (χ4n) is 10.9. The smallest absolute Gasteiger partial charge is 0.312 e. The average Bonchev–Trinajstić information content (AvgIpc) is 2.75. The summed E-state index contributed by atoms with van der Waals surface area (Å²) in [6, 6.07) is 0. The first-order valence-electron chi connectivity index (χ1n) is 14.0. The van der Waals surface area contributed by atoms with Crippen molar-refractivity contribution >= 4 is 5.97 Å². The third kappa shape index (κ3) is 2.76. The van der Waals surface area contributed by atoms with Gasteiger partial charge in [0.2, 0.25) is 0 Å². The molecule has 5 rings (SSSR count). The molecular weight excluding hydrogens is 424 g/mol. The highest BCUT2D eigenvalue weighted by atomic mass is 16.4. The van der Waals surface area contributed by atoms with E-state index in [0.717, 1.165) is 25.7 Å². The van der Waals surface area contributed by atoms with Crippen molar-refractivity contribution in [2.24, 2.45) is 56.7 Å². The van der Waals surface area contributed by atoms with Crippen molar-refractivity contribution in [2.45, 2.75) is 112 Å². The minimum atomic E-state index is -1.16. The van der Waals surface area contributed by atoms with E-state index in [4.69, 9.17) is 0 Å². The number of allylic oxidation sites excluding steroid dienone is 1. The number of hydrogen-bond acceptors (Lipinski definition) is 3. The van der Waals surface area contributed by atoms with Gasteiger partial charge in [0.1, 0.15) is 0 Å². The lowest BCUT2D eigenvalue weighted by molar-refractivity contribution is -0.233. The zero-order valence-electron chi connectivity index (χ0n) is 22.5. The summed E-state index contributed by atoms with van der Waals surface area (Å²) in [5, 5.41) is 33.1. The highest BCUT2D eigenvalue weighted by Gasteiger charge is 2.71. The second-order valence-electron chi connectivity index (χ2n) is 14.6. The van der Waals surface area contributed by atoms with Crippen LogP contribution in [0.25, 0.3) is 0 Å². The molecule has 4 unspecified atom stereocenters. The van der Waals surface area contributed by atoms with Crippen LogP contribution >= 0.6 is 0 Å². The molecule has 0 aromatic carbocycles. The molecule has 0 amide bonds. The molecule has 4 fully saturated rings. The number of fused-ring (bicyclic) bond motifs is 7. The monoisotopic (exact) mass is 472 g/mol. The molecule has 0 radical (unpaired) electrons. The molecule has 192 valence electrons. The van der Waals surface area contributed by atoms with Gasteiger partial charge < -0.3 is 15.3 Å². The number of aliphatic hydroxyl groups is 2. The summed E-state index contributed by atoms with van der Waals surface area (Å²) < 4.78 is 0. The Bertz CT molecular complexity index is 911. The zero-order valence-corrected chi connectivity index (χ0v) is 22.5. The predicted octanol–water partition coefficient (Wildman–Crippen LogP) is 6.06. The van der Waals surface area contributed by atoms with E-state index in [1.54, 1.807) is 6.92 Å². The second-order valence-corrected chi connectivity index (χ2v) is 14.6. The zero-order chi connectivity index (χ0) is 25.1. The molecule has 0 aromatic heterocycles. The Morgan fingerprint density at radius 3 is 2.24 bits per heavy atom. The standard InChI is InChI=1S/C30H48O4/c1-17-8-11-26(3)14-15-28(5)19(23(26)18(17)2)16-20(31)24-27(4)12-10-22(32)30(7,25(33)34)21(27)9-13-29(24,28)6/h16-18,20-24,31-32H,8-15H2,1-7H3,(H,33,34)/t17-,18+,20?,21?,22-,23?,24?,26-,27+,28-,29-,30-/m1/s1. The number of aliphatic carboxylic acids is 1. The molecule has 12 atom stereocenters. The van der Waals surface area contributed by atoms with Crippen molar-refractivity contribution in [3.63, 3.8) is 0 Å². The van der Waals surface area contributed by atoms with E-state index >= 15 is 0 Å². The van der Waals surface area contributed by atoms with Gasteiger partial charge in [0.05, 0.1) is 17.6 Å². The predicted molar refractivity (Wildman–Crippen MR) is 134 cm³/mol. The molecule has 5 aliphatic rings. The van der Waals surface area contributed by atoms with E-state index in [2.05, 4.69) is 47.6 Å². The van der Waals surface area contributed by atoms with Gasteiger partial charge in [-0.2, -0.15) is 0 Å². The van der Waals surface area contributed by atoms with Crippen molar-refractivity contribution in [3.8, 4) is 0 Å². The van der Waals surface area contributed by atoms with Crippen LogP contribution in [0, 0.1) is 56.7 Å². The largest absolute Gasteiger partial charge is 0.481 e. The van der Waals surface area contributed by atoms with Gasteiger partial charge in [-0.3, -0.25) is 4.79 Å². The average molecular weight is 473 g/mol. The van der Waals surface area contributed by atoms with Crippen LogP contribution < -0.4 is 0 Å². The Morgan fingerprint density at radius 1 is 0.912 bits per heavy atom. The molecule has 4 heteroatoms. The lowest BCUT2D eigenvalue weighted by atomic mass is 9.33. The van der Waals surface area contributed by atoms with Gasteiger partial charge in [-0.1, -0.05) is 53.2 Å². The first-order chi connectivity index (χ1) is 15.7. The summed E-state index contributed by atoms with van der Waals surface area (Å²) in [5.74, 6) is 0.836. The van der Waals surface area contributed by atoms with Gasteiger partial charge >= 0.3 is 5.97 Å². The molecule has 34 heavy (non-hydrogen) atoms. The molecule has 0 aromatic rings. The Hall–Kier alpha value is -0.870. The van der Waals surface area contributed by atoms with Gasteiger partial charge in [-0.25, -0.2) is 0 Å². The number of aliphatic hydroxyl groups excluding tert-OH is 2. The van der Waals surface area contributed by atoms with E-state index in [1.165, 1.54) is 24.8 Å². The number of carboxylic acid groups (broad SMARTS) is 1. The minimum Gasteiger partial charge on any atom is -0.481 e. The van der Waals surface area contributed by atoms with Crippen LogP contribution in [0.15, 0.2) is 11.6 Å². The SMILES string of the molecule is C[C@@H]1CC[C@]2(C)CC[C@]3(C)C(=CC(O)C4[C@@]5(C)CC[C@@H](O)[C@](C)(C(=O)O)C5CC[C@]43C)C2[C@H]1C. The van der Waals surface area contributed by atoms with Gasteiger partial charge in [-0.05, 0) is 104 Å². The Labute approximate surface area is 206 Å². The van der Waals surface area contributed by atoms with E-state index in [-0.39, 0.29) is 28.1 Å². The summed E-state index contributed by atoms with van der Waals surface area (Å²) in [5.41, 5.74) is 0.317. The first-order valence-corrected chi connectivity index (χ1v) is 14.0. The van der Waals surface area contributed by atoms with Crippen LogP contribution in [-0.2, 0) is 4.79 Å². The molecule has 0 bridgehead atoms. The molecule has 0 heterocycles. The molecular formula is C30H48O4. The normalized spacial score (nSPS) is 59.1. The van der Waals surface area contributed by atoms with E-state index < -0.39 is 23.6 Å². The van der Waals surface area contributed by atoms with Gasteiger partial charge in [-0.15, -0.1) is 0 Å². The van der Waals surface area contributed by atoms with Gasteiger partial charge in [0.25, 0.3) is 0 Å². The fraction of sp³-hybridized carbons (Fsp3) is 0.900. The quantitative estimate of drug-likeness (QED) is 0.405. The summed E-state index contributed by atoms with van der Waals surface area (Å²) in [7, 11) is 0. The van der Waals surface area contributed by atoms with Crippen LogP contribution in [0.4, 0.5) is 0 Å². The molecule has 0 aliphatic heterocycles. The van der Waals surface area contributed by atoms with E-state index in [0.29, 0.717) is 29.6 Å². The summed E-state index contributed by atoms with van der Waals surface area (Å²) in [4.78, 5) is 12.5. The molecule has 3 N–H and O–H groups in total. The number of rotatable bonds is 1. The highest BCUT2D eigenvalue weighted by Crippen LogP contribution is 2.75. The number of carboxylic acids is 1. The maximum atomic E-state index is 12.5. The molecule has 4 nitrogen and oxygen atoms in total. The van der Waals surface area contributed by atoms with Gasteiger partial charge in [0, 0.05) is 5.92 Å². The lowest BCUT2D eigenvalue weighted by Gasteiger charge is -2.72. The van der Waals surface area contributed by atoms with Gasteiger partial charge in [0.15, 0.2) is 0 Å². The number of carbonyl (C=O) groups is 1. The Kier molecular flexibility index (Phi) is 5.36. The maximum Gasteiger partial charge on any atom is 0.312 e. The Balaban J connectivity index is 1.64. The van der Waals surface area contributed by atoms with Crippen molar-refractivity contribution in [2.75, 3.05) is 0 Å². The van der Waals surface area contributed by atoms with Crippen LogP contribution in [0.1, 0.15) is 99.8 Å². The third-order valence-electron chi connectivity index (χ3n) is 13.4. The highest BCUT2D eigenvalue weighted by molar-refractivity contribution is 5.76. The van der Waals surface area contributed by atoms with Crippen LogP contribution in [0.3, 0.4) is 0 Å². The number of hydrogen-bond donors (Lipinski definition) is 3. The lowest BCUT2D eigenvalue weighted by Crippen LogP contribution is -2.68. The molecule has 0 spiro atoms. The van der Waals surface area contributed by atoms with E-state index in [9.17, 15) is 20.1 Å². The molecule has 5 aliphatic carbocycles. The summed E-state index contributed by atoms with van der Waals surface area (Å²) in [6.45, 7) is 16.3. The van der Waals surface area contributed by atoms with Crippen LogP contribution in [-0.4, -0.2) is 33.5 Å². The summed E-state index contributed by atoms with van der Waals surface area (Å²) >= 11 is 0.